The van der Waals surface area contributed by atoms with Gasteiger partial charge in [-0.15, -0.1) is 152 Å². The van der Waals surface area contributed by atoms with Crippen molar-refractivity contribution in [1.29, 1.82) is 0 Å². The fourth-order valence-electron chi connectivity index (χ4n) is 9.07. The Labute approximate surface area is 452 Å². The number of carbonyl (C=O) groups is 1. The van der Waals surface area contributed by atoms with E-state index in [1.807, 2.05) is 0 Å². The number of carbonyl (C=O) groups excluding carboxylic acids is 1. The Kier molecular flexibility index (Phi) is 34.5. The highest BCUT2D eigenvalue weighted by molar-refractivity contribution is 9.19. The van der Waals surface area contributed by atoms with E-state index < -0.39 is 178 Å². The molecule has 2 N–H and O–H groups in total. The van der Waals surface area contributed by atoms with Crippen molar-refractivity contribution in [3.63, 3.8) is 0 Å². The van der Waals surface area contributed by atoms with E-state index >= 15 is 0 Å². The van der Waals surface area contributed by atoms with E-state index in [1.54, 1.807) is 0 Å². The molecule has 380 valence electrons. The predicted molar refractivity (Wildman–Crippen MR) is 394 cm³/mol. The van der Waals surface area contributed by atoms with Crippen LogP contribution in [0.2, 0.25) is 0 Å². The van der Waals surface area contributed by atoms with Gasteiger partial charge in [0.05, 0.1) is 61.1 Å². The van der Waals surface area contributed by atoms with E-state index in [2.05, 4.69) is 197 Å². The predicted octanol–water partition coefficient (Wildman–Crippen LogP) is 21.3. The van der Waals surface area contributed by atoms with Crippen LogP contribution in [0.4, 0.5) is 4.79 Å². The highest BCUT2D eigenvalue weighted by Gasteiger charge is 2.76. The molecule has 0 radical (unpaired) electrons. The summed E-state index contributed by atoms with van der Waals surface area (Å²) in [6, 6.07) is 0. The van der Waals surface area contributed by atoms with Gasteiger partial charge in [0, 0.05) is 50.6 Å². The average Bonchev–Trinajstić information content (AvgIpc) is 3.50. The maximum absolute atomic E-state index is 14.4. The lowest BCUT2D eigenvalue weighted by atomic mass is 9.46. The Bertz CT molecular complexity index is 1620. The number of rotatable bonds is 21. The van der Waals surface area contributed by atoms with Crippen molar-refractivity contribution in [2.24, 2.45) is 16.7 Å². The van der Waals surface area contributed by atoms with Crippen LogP contribution in [0.1, 0.15) is 47.0 Å². The summed E-state index contributed by atoms with van der Waals surface area (Å²) in [6.07, 6.45) is -2.83. The lowest BCUT2D eigenvalue weighted by Crippen LogP contribution is -2.74. The second kappa shape index (κ2) is 31.5. The van der Waals surface area contributed by atoms with Crippen molar-refractivity contribution < 1.29 is 42.6 Å². The monoisotopic (exact) mass is 1550 g/mol. The van der Waals surface area contributed by atoms with Crippen LogP contribution in [0.5, 0.6) is 0 Å². The molecule has 44 heteroatoms. The maximum Gasteiger partial charge on any atom is 0.509 e. The fraction of sp³-hybridized carbons (Fsp3) is 0.857. The van der Waals surface area contributed by atoms with E-state index in [0.717, 1.165) is 11.1 Å². The van der Waals surface area contributed by atoms with Crippen LogP contribution in [-0.4, -0.2) is 64.7 Å². The minimum absolute atomic E-state index is 0.329. The number of aliphatic hydroxyl groups is 2. The molecular weight excluding hydrogens is 1480 g/mol. The molecule has 34 atom stereocenters. The molecule has 0 aromatic carbocycles. The molecule has 2 bridgehead atoms. The van der Waals surface area contributed by atoms with Crippen LogP contribution in [-0.2, 0) is 27.6 Å². The molecule has 3 fully saturated rings. The molecule has 33 unspecified atom stereocenters. The Morgan fingerprint density at radius 2 is 1.22 bits per heavy atom. The number of ether oxygens (including phenoxy) is 2. The number of fused-ring (bicyclic) bond motifs is 3. The third-order valence-electron chi connectivity index (χ3n) is 11.7. The minimum Gasteiger partial charge on any atom is -0.426 e. The van der Waals surface area contributed by atoms with E-state index in [-0.39, 0.29) is 0 Å². The van der Waals surface area contributed by atoms with Gasteiger partial charge >= 0.3 is 6.16 Å². The van der Waals surface area contributed by atoms with E-state index in [0.29, 0.717) is 27.2 Å². The van der Waals surface area contributed by atoms with Crippen LogP contribution in [0, 0.1) is 16.7 Å². The van der Waals surface area contributed by atoms with Gasteiger partial charge in [0.25, 0.3) is 0 Å². The van der Waals surface area contributed by atoms with Crippen LogP contribution in [0.3, 0.4) is 0 Å². The summed E-state index contributed by atoms with van der Waals surface area (Å²) in [5.41, 5.74) is -2.73. The fourth-order valence-corrected chi connectivity index (χ4v) is 207. The summed E-state index contributed by atoms with van der Waals surface area (Å²) < 4.78 is 43.8. The van der Waals surface area contributed by atoms with Gasteiger partial charge in [-0.05, 0) is 80.4 Å². The third-order valence-corrected chi connectivity index (χ3v) is 166. The Morgan fingerprint density at radius 3 is 1.66 bits per heavy atom. The molecule has 9 nitrogen and oxygen atoms in total. The van der Waals surface area contributed by atoms with E-state index in [1.165, 1.54) is 0 Å². The first-order valence-electron chi connectivity index (χ1n) is 18.4. The molecule has 4 rings (SSSR count). The summed E-state index contributed by atoms with van der Waals surface area (Å²) >= 11 is 0. The molecule has 1 saturated heterocycles. The van der Waals surface area contributed by atoms with Crippen LogP contribution in [0.15, 0.2) is 11.1 Å². The van der Waals surface area contributed by atoms with E-state index in [9.17, 15) is 15.0 Å². The molecule has 3 aliphatic carbocycles. The second-order valence-corrected chi connectivity index (χ2v) is 137. The summed E-state index contributed by atoms with van der Waals surface area (Å²) in [7, 11) is 54.6. The number of aliphatic hydroxyl groups excluding tert-OH is 1. The first-order valence-corrected chi connectivity index (χ1v) is 78.8. The standard InChI is InChI=1S/C21H67O9P35/c1-9-10(27-54(63(49)59(41)42)65(61(45)46)62(47)48)7-21-16(25-17(23)26-21)15-19(4,6-11(14(9)18(21,2)3)28-53(58(39)40)64(50-31)60(43)44)12(30-52(56(35)36)57(37)38)5-13(20(15,24)8-22)29-51(32)55(33)34/h10-13,15-16,22,24,50H,5-8,31-49H2,1-4H3/t10?,11?,12?,13?,15?,16?,19-,20?,21?,51?,53?,54?,63?,64?/m1/s1. The molecule has 1 heterocycles. The highest BCUT2D eigenvalue weighted by Crippen LogP contribution is 3.18. The summed E-state index contributed by atoms with van der Waals surface area (Å²) in [5, 5.41) is 25.6. The first kappa shape index (κ1) is 71.3. The van der Waals surface area contributed by atoms with Crippen LogP contribution in [0.25, 0.3) is 0 Å². The Hall–Kier alpha value is 13.8. The van der Waals surface area contributed by atoms with Gasteiger partial charge in [-0.25, -0.2) is 4.79 Å². The minimum atomic E-state index is -1.86. The zero-order valence-corrected chi connectivity index (χ0v) is 72.1. The third kappa shape index (κ3) is 16.9. The summed E-state index contributed by atoms with van der Waals surface area (Å²) in [4.78, 5) is 14.4. The molecule has 1 spiro atoms. The molecule has 0 amide bonds. The zero-order valence-electron chi connectivity index (χ0n) is 35.7. The largest absolute Gasteiger partial charge is 0.509 e. The highest BCUT2D eigenvalue weighted by atomic mass is 33.2. The topological polar surface area (TPSA) is 113 Å². The summed E-state index contributed by atoms with van der Waals surface area (Å²) in [6.45, 7) is 1.91. The second-order valence-electron chi connectivity index (χ2n) is 15.8. The van der Waals surface area contributed by atoms with Crippen molar-refractivity contribution in [2.45, 2.75) is 88.7 Å². The lowest BCUT2D eigenvalue weighted by molar-refractivity contribution is -0.263. The van der Waals surface area contributed by atoms with Gasteiger partial charge in [0.15, 0.2) is 11.7 Å². The van der Waals surface area contributed by atoms with Gasteiger partial charge in [0.1, 0.15) is 5.60 Å². The van der Waals surface area contributed by atoms with Crippen LogP contribution >= 0.6 is 285 Å². The number of hydrogen-bond donors (Lipinski definition) is 2. The molecule has 0 aromatic heterocycles. The van der Waals surface area contributed by atoms with Gasteiger partial charge < -0.3 is 37.8 Å². The molecule has 2 saturated carbocycles. The molecule has 65 heavy (non-hydrogen) atoms. The van der Waals surface area contributed by atoms with Crippen molar-refractivity contribution in [3.8, 4) is 0 Å². The molecule has 4 aliphatic rings. The normalized spacial score (nSPS) is 34.4. The molecular formula is C21H67O9P35. The Balaban J connectivity index is 2.20. The van der Waals surface area contributed by atoms with Crippen molar-refractivity contribution in [3.05, 3.63) is 11.1 Å². The quantitative estimate of drug-likeness (QED) is 0.0659. The Morgan fingerprint density at radius 1 is 0.677 bits per heavy atom. The number of hydrogen-bond acceptors (Lipinski definition) is 9. The van der Waals surface area contributed by atoms with Crippen molar-refractivity contribution >= 4 is 291 Å². The SMILES string of the molecule is CC1=C2C(OP(P(P)P)P(PP)P(P)P)C[C@]3(C)C(OP(P(P)P)P(P)P)CC(OP(P)P(P)P)C(O)(CO)C3C3OC(=O)OC3(CC1OP(P(P)P(P)P)P(P(P)P)P(P)P)C2(C)C. The molecule has 1 aliphatic heterocycles. The van der Waals surface area contributed by atoms with Crippen molar-refractivity contribution in [2.75, 3.05) is 6.61 Å². The van der Waals surface area contributed by atoms with Crippen LogP contribution < -0.4 is 0 Å². The van der Waals surface area contributed by atoms with Gasteiger partial charge in [-0.1, -0.05) is 46.6 Å². The maximum atomic E-state index is 14.4. The van der Waals surface area contributed by atoms with E-state index in [4.69, 9.17) is 27.6 Å². The molecule has 0 aromatic rings. The average molecular weight is 1550 g/mol. The lowest BCUT2D eigenvalue weighted by Gasteiger charge is -2.65. The first-order chi connectivity index (χ1) is 29.9. The van der Waals surface area contributed by atoms with Gasteiger partial charge in [-0.2, -0.15) is 0 Å². The van der Waals surface area contributed by atoms with Crippen molar-refractivity contribution in [1.82, 2.24) is 0 Å². The summed E-state index contributed by atoms with van der Waals surface area (Å²) in [5.74, 6) is -0.888. The smallest absolute Gasteiger partial charge is 0.426 e. The van der Waals surface area contributed by atoms with Gasteiger partial charge in [0.2, 0.25) is 0 Å². The van der Waals surface area contributed by atoms with Gasteiger partial charge in [-0.3, -0.25) is 0 Å². The zero-order chi connectivity index (χ0) is 49.6.